The summed E-state index contributed by atoms with van der Waals surface area (Å²) in [5.74, 6) is 2.07. The molecule has 0 radical (unpaired) electrons. The molecular weight excluding hydrogens is 358 g/mol. The van der Waals surface area contributed by atoms with Crippen molar-refractivity contribution in [3.63, 3.8) is 0 Å². The Morgan fingerprint density at radius 2 is 2.14 bits per heavy atom. The standard InChI is InChI=1S/C20H19N5O3/c1-3-17(26)15-10-23-25-16-11-22-9-8-14(16)20(28)24(19(15)25)13-6-4-12(5-7-13)18(27)21-2/h1,4-7,10,17,22,26H,8-9,11H2,2H3,(H,21,27). The van der Waals surface area contributed by atoms with Gasteiger partial charge in [-0.05, 0) is 37.2 Å². The van der Waals surface area contributed by atoms with Gasteiger partial charge >= 0.3 is 0 Å². The van der Waals surface area contributed by atoms with Crippen LogP contribution in [0.5, 0.6) is 0 Å². The molecule has 8 heteroatoms. The van der Waals surface area contributed by atoms with E-state index in [1.165, 1.54) is 10.8 Å². The number of nitrogens with zero attached hydrogens (tertiary/aromatic N) is 3. The van der Waals surface area contributed by atoms with Gasteiger partial charge in [-0.15, -0.1) is 6.42 Å². The topological polar surface area (TPSA) is 101 Å². The SMILES string of the molecule is C#CC(O)c1cnn2c3c(c(=O)n(-c4ccc(C(=O)NC)cc4)c12)CCNC3. The molecule has 3 N–H and O–H groups in total. The molecule has 0 aliphatic carbocycles. The molecule has 1 unspecified atom stereocenters. The fraction of sp³-hybridized carbons (Fsp3) is 0.250. The molecule has 1 atom stereocenters. The molecule has 2 aromatic heterocycles. The third-order valence-corrected chi connectivity index (χ3v) is 4.96. The lowest BCUT2D eigenvalue weighted by Gasteiger charge is -2.21. The molecule has 1 aliphatic rings. The summed E-state index contributed by atoms with van der Waals surface area (Å²) in [5, 5.41) is 20.5. The number of aliphatic hydroxyl groups is 1. The van der Waals surface area contributed by atoms with Crippen LogP contribution in [0, 0.1) is 12.3 Å². The van der Waals surface area contributed by atoms with Crippen molar-refractivity contribution < 1.29 is 9.90 Å². The predicted molar refractivity (Wildman–Crippen MR) is 103 cm³/mol. The third-order valence-electron chi connectivity index (χ3n) is 4.96. The average Bonchev–Trinajstić information content (AvgIpc) is 3.18. The number of nitrogens with one attached hydrogen (secondary N) is 2. The zero-order valence-corrected chi connectivity index (χ0v) is 15.3. The first-order valence-corrected chi connectivity index (χ1v) is 8.88. The molecule has 0 bridgehead atoms. The smallest absolute Gasteiger partial charge is 0.261 e. The number of terminal acetylenes is 1. The van der Waals surface area contributed by atoms with Crippen LogP contribution in [0.1, 0.15) is 33.3 Å². The van der Waals surface area contributed by atoms with Crippen LogP contribution in [0.4, 0.5) is 0 Å². The highest BCUT2D eigenvalue weighted by Crippen LogP contribution is 2.24. The summed E-state index contributed by atoms with van der Waals surface area (Å²) >= 11 is 0. The molecule has 0 saturated heterocycles. The van der Waals surface area contributed by atoms with E-state index < -0.39 is 6.10 Å². The number of carbonyl (C=O) groups excluding carboxylic acids is 1. The number of hydrogen-bond donors (Lipinski definition) is 3. The van der Waals surface area contributed by atoms with E-state index in [0.717, 1.165) is 5.69 Å². The van der Waals surface area contributed by atoms with Crippen LogP contribution in [0.2, 0.25) is 0 Å². The van der Waals surface area contributed by atoms with Gasteiger partial charge in [-0.3, -0.25) is 14.2 Å². The molecule has 3 aromatic rings. The van der Waals surface area contributed by atoms with Crippen LogP contribution in [0.25, 0.3) is 11.3 Å². The van der Waals surface area contributed by atoms with Gasteiger partial charge < -0.3 is 15.7 Å². The molecule has 1 amide bonds. The van der Waals surface area contributed by atoms with Crippen LogP contribution in [0.15, 0.2) is 35.3 Å². The van der Waals surface area contributed by atoms with Crippen LogP contribution in [-0.4, -0.2) is 38.8 Å². The Bertz CT molecular complexity index is 1170. The second-order valence-corrected chi connectivity index (χ2v) is 6.52. The number of aromatic nitrogens is 3. The summed E-state index contributed by atoms with van der Waals surface area (Å²) in [4.78, 5) is 25.2. The van der Waals surface area contributed by atoms with Crippen molar-refractivity contribution >= 4 is 11.6 Å². The van der Waals surface area contributed by atoms with Crippen molar-refractivity contribution in [3.05, 3.63) is 63.2 Å². The molecule has 28 heavy (non-hydrogen) atoms. The lowest BCUT2D eigenvalue weighted by atomic mass is 10.1. The first-order valence-electron chi connectivity index (χ1n) is 8.88. The van der Waals surface area contributed by atoms with Gasteiger partial charge in [0.1, 0.15) is 11.8 Å². The van der Waals surface area contributed by atoms with E-state index in [4.69, 9.17) is 6.42 Å². The molecule has 1 aromatic carbocycles. The van der Waals surface area contributed by atoms with Crippen molar-refractivity contribution in [3.8, 4) is 18.0 Å². The summed E-state index contributed by atoms with van der Waals surface area (Å²) < 4.78 is 3.16. The number of benzene rings is 1. The Hall–Kier alpha value is -3.41. The van der Waals surface area contributed by atoms with Crippen molar-refractivity contribution in [1.29, 1.82) is 0 Å². The summed E-state index contributed by atoms with van der Waals surface area (Å²) in [6.07, 6.45) is 6.28. The number of carbonyl (C=O) groups is 1. The van der Waals surface area contributed by atoms with E-state index in [9.17, 15) is 14.7 Å². The van der Waals surface area contributed by atoms with E-state index in [-0.39, 0.29) is 11.5 Å². The van der Waals surface area contributed by atoms with Gasteiger partial charge in [-0.1, -0.05) is 5.92 Å². The van der Waals surface area contributed by atoms with Gasteiger partial charge in [0.05, 0.1) is 23.1 Å². The molecule has 0 saturated carbocycles. The lowest BCUT2D eigenvalue weighted by molar-refractivity contribution is 0.0963. The first kappa shape index (κ1) is 18.0. The van der Waals surface area contributed by atoms with Crippen LogP contribution < -0.4 is 16.2 Å². The molecule has 0 fully saturated rings. The molecule has 8 nitrogen and oxygen atoms in total. The summed E-state index contributed by atoms with van der Waals surface area (Å²) in [6, 6.07) is 6.68. The number of aliphatic hydroxyl groups excluding tert-OH is 1. The highest BCUT2D eigenvalue weighted by atomic mass is 16.3. The minimum absolute atomic E-state index is 0.178. The van der Waals surface area contributed by atoms with Crippen LogP contribution in [0.3, 0.4) is 0 Å². The summed E-state index contributed by atoms with van der Waals surface area (Å²) in [7, 11) is 1.56. The fourth-order valence-electron chi connectivity index (χ4n) is 3.54. The van der Waals surface area contributed by atoms with E-state index >= 15 is 0 Å². The van der Waals surface area contributed by atoms with Crippen molar-refractivity contribution in [2.75, 3.05) is 13.6 Å². The normalized spacial score (nSPS) is 14.3. The number of fused-ring (bicyclic) bond motifs is 3. The van der Waals surface area contributed by atoms with E-state index in [1.54, 1.807) is 35.8 Å². The van der Waals surface area contributed by atoms with Crippen molar-refractivity contribution in [2.24, 2.45) is 0 Å². The number of rotatable bonds is 3. The fourth-order valence-corrected chi connectivity index (χ4v) is 3.54. The monoisotopic (exact) mass is 377 g/mol. The molecule has 1 aliphatic heterocycles. The van der Waals surface area contributed by atoms with E-state index in [0.29, 0.717) is 47.5 Å². The van der Waals surface area contributed by atoms with Gasteiger partial charge in [-0.25, -0.2) is 4.52 Å². The second kappa shape index (κ2) is 6.96. The van der Waals surface area contributed by atoms with Gasteiger partial charge in [0, 0.05) is 24.7 Å². The predicted octanol–water partition coefficient (Wildman–Crippen LogP) is 0.157. The Kier molecular flexibility index (Phi) is 4.47. The molecule has 142 valence electrons. The third kappa shape index (κ3) is 2.69. The molecule has 0 spiro atoms. The Balaban J connectivity index is 2.03. The van der Waals surface area contributed by atoms with Crippen LogP contribution in [-0.2, 0) is 13.0 Å². The first-order chi connectivity index (χ1) is 13.6. The van der Waals surface area contributed by atoms with Crippen molar-refractivity contribution in [1.82, 2.24) is 24.8 Å². The summed E-state index contributed by atoms with van der Waals surface area (Å²) in [5.41, 5.74) is 3.10. The molecule has 4 rings (SSSR count). The second-order valence-electron chi connectivity index (χ2n) is 6.52. The quantitative estimate of drug-likeness (QED) is 0.565. The van der Waals surface area contributed by atoms with Gasteiger partial charge in [0.25, 0.3) is 11.5 Å². The largest absolute Gasteiger partial charge is 0.376 e. The highest BCUT2D eigenvalue weighted by Gasteiger charge is 2.25. The molecular formula is C20H19N5O3. The van der Waals surface area contributed by atoms with Crippen LogP contribution >= 0.6 is 0 Å². The minimum atomic E-state index is -1.19. The van der Waals surface area contributed by atoms with E-state index in [1.807, 2.05) is 0 Å². The minimum Gasteiger partial charge on any atom is -0.376 e. The number of amides is 1. The maximum absolute atomic E-state index is 13.3. The van der Waals surface area contributed by atoms with Gasteiger partial charge in [-0.2, -0.15) is 5.10 Å². The zero-order valence-electron chi connectivity index (χ0n) is 15.3. The Labute approximate surface area is 160 Å². The van der Waals surface area contributed by atoms with Gasteiger partial charge in [0.15, 0.2) is 0 Å². The van der Waals surface area contributed by atoms with E-state index in [2.05, 4.69) is 21.7 Å². The Morgan fingerprint density at radius 3 is 2.82 bits per heavy atom. The average molecular weight is 377 g/mol. The zero-order chi connectivity index (χ0) is 19.8. The summed E-state index contributed by atoms with van der Waals surface area (Å²) in [6.45, 7) is 1.20. The lowest BCUT2D eigenvalue weighted by Crippen LogP contribution is -2.36. The maximum Gasteiger partial charge on any atom is 0.261 e. The van der Waals surface area contributed by atoms with Crippen molar-refractivity contribution in [2.45, 2.75) is 19.1 Å². The number of hydrogen-bond acceptors (Lipinski definition) is 5. The highest BCUT2D eigenvalue weighted by molar-refractivity contribution is 5.94. The molecule has 3 heterocycles. The maximum atomic E-state index is 13.3. The Morgan fingerprint density at radius 1 is 1.39 bits per heavy atom. The van der Waals surface area contributed by atoms with Gasteiger partial charge in [0.2, 0.25) is 0 Å².